The van der Waals surface area contributed by atoms with Gasteiger partial charge in [0.05, 0.1) is 9.52 Å². The maximum Gasteiger partial charge on any atom is 0.500 e. The zero-order valence-electron chi connectivity index (χ0n) is 18.3. The Bertz CT molecular complexity index is 329. The number of nitrogens with zero attached hydrogens (tertiary/aromatic N) is 2. The third-order valence-corrected chi connectivity index (χ3v) is 9.71. The van der Waals surface area contributed by atoms with Gasteiger partial charge in [0, 0.05) is 64.9 Å². The topological polar surface area (TPSA) is 43.4 Å². The van der Waals surface area contributed by atoms with Crippen LogP contribution in [0.25, 0.3) is 0 Å². The van der Waals surface area contributed by atoms with E-state index >= 15 is 0 Å². The zero-order chi connectivity index (χ0) is 19.8. The lowest BCUT2D eigenvalue weighted by Crippen LogP contribution is -2.48. The first-order chi connectivity index (χ1) is 13.2. The first-order valence-electron chi connectivity index (χ1n) is 11.1. The number of hydrogen-bond donors (Lipinski definition) is 0. The smallest absolute Gasteiger partial charge is 0.386 e. The van der Waals surface area contributed by atoms with Crippen LogP contribution in [-0.2, 0) is 18.0 Å². The lowest BCUT2D eigenvalue weighted by Gasteiger charge is -2.35. The maximum atomic E-state index is 5.96. The van der Waals surface area contributed by atoms with Crippen LogP contribution >= 0.6 is 0 Å². The molecule has 1 saturated heterocycles. The van der Waals surface area contributed by atoms with Gasteiger partial charge >= 0.3 is 8.80 Å². The third-order valence-electron chi connectivity index (χ3n) is 4.98. The molecule has 0 spiro atoms. The highest BCUT2D eigenvalue weighted by Crippen LogP contribution is 2.19. The minimum atomic E-state index is -2.47. The van der Waals surface area contributed by atoms with E-state index < -0.39 is 8.80 Å². The summed E-state index contributed by atoms with van der Waals surface area (Å²) in [6, 6.07) is 2.34. The van der Waals surface area contributed by atoms with Crippen LogP contribution in [-0.4, -0.2) is 100 Å². The van der Waals surface area contributed by atoms with Crippen molar-refractivity contribution in [3.63, 3.8) is 0 Å². The van der Waals surface area contributed by atoms with Crippen LogP contribution < -0.4 is 0 Å². The summed E-state index contributed by atoms with van der Waals surface area (Å²) in [5.74, 6) is 0. The molecule has 6 nitrogen and oxygen atoms in total. The predicted molar refractivity (Wildman–Crippen MR) is 117 cm³/mol. The highest BCUT2D eigenvalue weighted by molar-refractivity contribution is 6.60. The van der Waals surface area contributed by atoms with Crippen molar-refractivity contribution < 1.29 is 18.0 Å². The van der Waals surface area contributed by atoms with Gasteiger partial charge in [-0.1, -0.05) is 6.04 Å². The van der Waals surface area contributed by atoms with Crippen molar-refractivity contribution >= 4 is 18.3 Å². The molecule has 1 heterocycles. The van der Waals surface area contributed by atoms with Gasteiger partial charge in [-0.3, -0.25) is 0 Å². The normalized spacial score (nSPS) is 17.3. The quantitative estimate of drug-likeness (QED) is 0.265. The van der Waals surface area contributed by atoms with Crippen molar-refractivity contribution in [1.82, 2.24) is 9.80 Å². The summed E-state index contributed by atoms with van der Waals surface area (Å²) in [4.78, 5) is 5.22. The van der Waals surface area contributed by atoms with Gasteiger partial charge in [-0.15, -0.1) is 0 Å². The molecule has 1 aliphatic rings. The molecule has 1 fully saturated rings. The Kier molecular flexibility index (Phi) is 15.0. The van der Waals surface area contributed by atoms with Crippen molar-refractivity contribution in [2.75, 3.05) is 71.9 Å². The Morgan fingerprint density at radius 2 is 1.26 bits per heavy atom. The van der Waals surface area contributed by atoms with E-state index in [9.17, 15) is 0 Å². The molecule has 0 unspecified atom stereocenters. The number of piperazine rings is 1. The molecule has 0 saturated carbocycles. The number of ether oxygens (including phenoxy) is 1. The van der Waals surface area contributed by atoms with Crippen LogP contribution in [0.1, 0.15) is 40.5 Å². The molecule has 0 aromatic carbocycles. The second kappa shape index (κ2) is 16.0. The molecular weight excluding hydrogens is 376 g/mol. The Morgan fingerprint density at radius 1 is 0.741 bits per heavy atom. The molecule has 162 valence electrons. The van der Waals surface area contributed by atoms with Gasteiger partial charge < -0.3 is 27.8 Å². The molecule has 0 radical (unpaired) electrons. The van der Waals surface area contributed by atoms with Gasteiger partial charge in [-0.05, 0) is 53.6 Å². The van der Waals surface area contributed by atoms with Crippen LogP contribution in [0.4, 0.5) is 0 Å². The number of rotatable bonds is 17. The van der Waals surface area contributed by atoms with Gasteiger partial charge in [-0.25, -0.2) is 0 Å². The maximum absolute atomic E-state index is 5.96. The molecule has 0 aromatic rings. The summed E-state index contributed by atoms with van der Waals surface area (Å²) in [5, 5.41) is 0. The van der Waals surface area contributed by atoms with Crippen LogP contribution in [0.3, 0.4) is 0 Å². The van der Waals surface area contributed by atoms with Gasteiger partial charge in [0.1, 0.15) is 0 Å². The first-order valence-corrected chi connectivity index (χ1v) is 15.1. The molecule has 27 heavy (non-hydrogen) atoms. The van der Waals surface area contributed by atoms with Crippen molar-refractivity contribution in [3.8, 4) is 0 Å². The standard InChI is InChI=1S/C19H44N2O4Si2/c1-5-22-19-26-17-9-11-20-13-15-21(16-14-20)12-10-18-27(23-6-2,24-7-3)25-8-4/h5-19,26H2,1-4H3. The molecule has 0 atom stereocenters. The molecular formula is C19H44N2O4Si2. The van der Waals surface area contributed by atoms with E-state index in [1.807, 2.05) is 20.8 Å². The second-order valence-electron chi connectivity index (χ2n) is 7.03. The van der Waals surface area contributed by atoms with Gasteiger partial charge in [-0.2, -0.15) is 0 Å². The monoisotopic (exact) mass is 420 g/mol. The summed E-state index contributed by atoms with van der Waals surface area (Å²) in [7, 11) is -2.45. The average molecular weight is 421 g/mol. The molecule has 1 aliphatic heterocycles. The van der Waals surface area contributed by atoms with E-state index in [1.54, 1.807) is 0 Å². The van der Waals surface area contributed by atoms with E-state index in [1.165, 1.54) is 45.2 Å². The molecule has 0 amide bonds. The molecule has 0 bridgehead atoms. The van der Waals surface area contributed by atoms with Crippen LogP contribution in [0.5, 0.6) is 0 Å². The van der Waals surface area contributed by atoms with Crippen LogP contribution in [0, 0.1) is 0 Å². The molecule has 8 heteroatoms. The molecule has 0 aromatic heterocycles. The fraction of sp³-hybridized carbons (Fsp3) is 1.00. The number of hydrogen-bond acceptors (Lipinski definition) is 6. The van der Waals surface area contributed by atoms with E-state index in [0.29, 0.717) is 19.8 Å². The van der Waals surface area contributed by atoms with Crippen molar-refractivity contribution in [2.45, 2.75) is 52.6 Å². The third kappa shape index (κ3) is 11.1. The summed E-state index contributed by atoms with van der Waals surface area (Å²) in [6.07, 6.45) is 3.50. The lowest BCUT2D eigenvalue weighted by atomic mass is 10.3. The summed E-state index contributed by atoms with van der Waals surface area (Å²) >= 11 is 0. The minimum absolute atomic E-state index is 0.0139. The highest BCUT2D eigenvalue weighted by atomic mass is 28.4. The summed E-state index contributed by atoms with van der Waals surface area (Å²) in [5.41, 5.74) is 0. The fourth-order valence-electron chi connectivity index (χ4n) is 3.62. The summed E-state index contributed by atoms with van der Waals surface area (Å²) in [6.45, 7) is 18.2. The van der Waals surface area contributed by atoms with Crippen molar-refractivity contribution in [1.29, 1.82) is 0 Å². The molecule has 0 N–H and O–H groups in total. The van der Waals surface area contributed by atoms with E-state index in [0.717, 1.165) is 31.8 Å². The van der Waals surface area contributed by atoms with Gasteiger partial charge in [0.15, 0.2) is 0 Å². The van der Waals surface area contributed by atoms with E-state index in [-0.39, 0.29) is 9.52 Å². The zero-order valence-corrected chi connectivity index (χ0v) is 20.8. The lowest BCUT2D eigenvalue weighted by molar-refractivity contribution is 0.0687. The largest absolute Gasteiger partial charge is 0.500 e. The Balaban J connectivity index is 2.18. The van der Waals surface area contributed by atoms with Gasteiger partial charge in [0.2, 0.25) is 0 Å². The average Bonchev–Trinajstić information content (AvgIpc) is 2.66. The Morgan fingerprint density at radius 3 is 1.74 bits per heavy atom. The van der Waals surface area contributed by atoms with Crippen LogP contribution in [0.15, 0.2) is 0 Å². The van der Waals surface area contributed by atoms with Crippen molar-refractivity contribution in [3.05, 3.63) is 0 Å². The second-order valence-corrected chi connectivity index (χ2v) is 11.6. The highest BCUT2D eigenvalue weighted by Gasteiger charge is 2.39. The fourth-order valence-corrected chi connectivity index (χ4v) is 7.49. The molecule has 1 rings (SSSR count). The van der Waals surface area contributed by atoms with Crippen LogP contribution in [0.2, 0.25) is 12.1 Å². The minimum Gasteiger partial charge on any atom is -0.386 e. The summed E-state index contributed by atoms with van der Waals surface area (Å²) < 4.78 is 23.3. The predicted octanol–water partition coefficient (Wildman–Crippen LogP) is 2.01. The van der Waals surface area contributed by atoms with Crippen molar-refractivity contribution in [2.24, 2.45) is 0 Å². The van der Waals surface area contributed by atoms with E-state index in [4.69, 9.17) is 18.0 Å². The first kappa shape index (κ1) is 25.2. The Hall–Kier alpha value is 0.194. The van der Waals surface area contributed by atoms with E-state index in [2.05, 4.69) is 16.7 Å². The Labute approximate surface area is 171 Å². The molecule has 0 aliphatic carbocycles. The van der Waals surface area contributed by atoms with Gasteiger partial charge in [0.25, 0.3) is 0 Å². The SMILES string of the molecule is CCOC[SiH2]CCCN1CCN(CCC[Si](OCC)(OCC)OCC)CC1.